The first-order valence-electron chi connectivity index (χ1n) is 10.8. The van der Waals surface area contributed by atoms with E-state index in [1.807, 2.05) is 6.26 Å². The number of carbonyl (C=O) groups is 4. The number of aromatic hydroxyl groups is 1. The molecule has 0 fully saturated rings. The summed E-state index contributed by atoms with van der Waals surface area (Å²) in [5.74, 6) is -2.68. The van der Waals surface area contributed by atoms with E-state index in [1.165, 1.54) is 23.9 Å². The zero-order chi connectivity index (χ0) is 25.8. The molecular weight excluding hydrogens is 480 g/mol. The van der Waals surface area contributed by atoms with Crippen LogP contribution in [0.5, 0.6) is 5.75 Å². The number of benzene rings is 1. The molecule has 10 nitrogen and oxygen atoms in total. The number of carboxylic acids is 1. The third kappa shape index (κ3) is 9.82. The third-order valence-corrected chi connectivity index (χ3v) is 6.05. The lowest BCUT2D eigenvalue weighted by molar-refractivity contribution is -0.142. The highest BCUT2D eigenvalue weighted by Crippen LogP contribution is 2.12. The van der Waals surface area contributed by atoms with Crippen molar-refractivity contribution in [1.82, 2.24) is 16.0 Å². The van der Waals surface area contributed by atoms with Gasteiger partial charge in [-0.15, -0.1) is 0 Å². The van der Waals surface area contributed by atoms with Gasteiger partial charge in [0.15, 0.2) is 0 Å². The SMILES string of the molecule is CSCCC(NC(=O)C(NC(=O)C(Cc1ccc(O)cc1)NC(=O)C(N)CS)C(C)C)C(=O)O. The molecule has 34 heavy (non-hydrogen) atoms. The molecule has 7 N–H and O–H groups in total. The molecular formula is C22H34N4O6S2. The molecule has 0 bridgehead atoms. The molecule has 3 amide bonds. The second-order valence-electron chi connectivity index (χ2n) is 8.13. The van der Waals surface area contributed by atoms with Crippen LogP contribution in [-0.4, -0.2) is 75.8 Å². The fourth-order valence-electron chi connectivity index (χ4n) is 2.98. The molecule has 190 valence electrons. The first-order chi connectivity index (χ1) is 16.0. The van der Waals surface area contributed by atoms with E-state index >= 15 is 0 Å². The Balaban J connectivity index is 3.05. The Labute approximate surface area is 209 Å². The largest absolute Gasteiger partial charge is 0.508 e. The molecule has 1 aromatic carbocycles. The standard InChI is InChI=1S/C22H34N4O6S2/c1-12(2)18(21(30)24-16(22(31)32)8-9-34-3)26-20(29)17(25-19(28)15(23)11-33)10-13-4-6-14(27)7-5-13/h4-7,12,15-18,27,33H,8-11,23H2,1-3H3,(H,24,30)(H,25,28)(H,26,29)(H,31,32). The topological polar surface area (TPSA) is 171 Å². The van der Waals surface area contributed by atoms with Crippen LogP contribution in [0.15, 0.2) is 24.3 Å². The Bertz CT molecular complexity index is 837. The van der Waals surface area contributed by atoms with Crippen LogP contribution in [0.4, 0.5) is 0 Å². The summed E-state index contributed by atoms with van der Waals surface area (Å²) in [5.41, 5.74) is 6.38. The van der Waals surface area contributed by atoms with Crippen LogP contribution < -0.4 is 21.7 Å². The minimum atomic E-state index is -1.16. The number of phenolic OH excluding ortho intramolecular Hbond substituents is 1. The van der Waals surface area contributed by atoms with E-state index in [2.05, 4.69) is 28.6 Å². The first kappa shape index (κ1) is 29.6. The smallest absolute Gasteiger partial charge is 0.326 e. The van der Waals surface area contributed by atoms with Crippen molar-refractivity contribution in [3.05, 3.63) is 29.8 Å². The van der Waals surface area contributed by atoms with Crippen molar-refractivity contribution in [3.8, 4) is 5.75 Å². The van der Waals surface area contributed by atoms with Gasteiger partial charge in [0.05, 0.1) is 6.04 Å². The van der Waals surface area contributed by atoms with E-state index in [-0.39, 0.29) is 30.3 Å². The Kier molecular flexibility index (Phi) is 12.8. The van der Waals surface area contributed by atoms with Crippen LogP contribution in [0.3, 0.4) is 0 Å². The molecule has 0 heterocycles. The number of rotatable bonds is 14. The van der Waals surface area contributed by atoms with Crippen molar-refractivity contribution in [3.63, 3.8) is 0 Å². The zero-order valence-electron chi connectivity index (χ0n) is 19.5. The molecule has 4 unspecified atom stereocenters. The molecule has 0 saturated heterocycles. The van der Waals surface area contributed by atoms with Crippen molar-refractivity contribution < 1.29 is 29.4 Å². The number of amides is 3. The normalized spacial score (nSPS) is 14.5. The van der Waals surface area contributed by atoms with Gasteiger partial charge in [-0.05, 0) is 42.0 Å². The number of nitrogens with two attached hydrogens (primary N) is 1. The number of nitrogens with one attached hydrogen (secondary N) is 3. The summed E-state index contributed by atoms with van der Waals surface area (Å²) >= 11 is 5.46. The quantitative estimate of drug-likeness (QED) is 0.172. The molecule has 0 radical (unpaired) electrons. The van der Waals surface area contributed by atoms with Crippen molar-refractivity contribution in [2.45, 2.75) is 50.9 Å². The molecule has 4 atom stereocenters. The van der Waals surface area contributed by atoms with Gasteiger partial charge >= 0.3 is 5.97 Å². The molecule has 0 aliphatic rings. The number of thiol groups is 1. The van der Waals surface area contributed by atoms with E-state index in [0.29, 0.717) is 11.3 Å². The lowest BCUT2D eigenvalue weighted by Gasteiger charge is -2.27. The van der Waals surface area contributed by atoms with Gasteiger partial charge in [-0.1, -0.05) is 26.0 Å². The number of hydrogen-bond acceptors (Lipinski definition) is 8. The highest BCUT2D eigenvalue weighted by molar-refractivity contribution is 7.98. The lowest BCUT2D eigenvalue weighted by Crippen LogP contribution is -2.59. The number of carboxylic acid groups (broad SMARTS) is 1. The van der Waals surface area contributed by atoms with Gasteiger partial charge in [-0.2, -0.15) is 24.4 Å². The van der Waals surface area contributed by atoms with E-state index in [1.54, 1.807) is 26.0 Å². The van der Waals surface area contributed by atoms with Crippen molar-refractivity contribution in [2.24, 2.45) is 11.7 Å². The number of carbonyl (C=O) groups excluding carboxylic acids is 3. The van der Waals surface area contributed by atoms with Crippen LogP contribution >= 0.6 is 24.4 Å². The highest BCUT2D eigenvalue weighted by atomic mass is 32.2. The van der Waals surface area contributed by atoms with Crippen LogP contribution in [0.1, 0.15) is 25.8 Å². The van der Waals surface area contributed by atoms with Crippen LogP contribution in [0.2, 0.25) is 0 Å². The van der Waals surface area contributed by atoms with Crippen LogP contribution in [0.25, 0.3) is 0 Å². The molecule has 0 spiro atoms. The Morgan fingerprint density at radius 3 is 2.09 bits per heavy atom. The molecule has 12 heteroatoms. The number of aliphatic carboxylic acids is 1. The van der Waals surface area contributed by atoms with Crippen LogP contribution in [-0.2, 0) is 25.6 Å². The van der Waals surface area contributed by atoms with Gasteiger partial charge in [0.2, 0.25) is 17.7 Å². The summed E-state index contributed by atoms with van der Waals surface area (Å²) in [4.78, 5) is 49.9. The Hall–Kier alpha value is -2.44. The van der Waals surface area contributed by atoms with Gasteiger partial charge in [-0.25, -0.2) is 4.79 Å². The zero-order valence-corrected chi connectivity index (χ0v) is 21.2. The minimum absolute atomic E-state index is 0.0527. The maximum atomic E-state index is 13.1. The predicted octanol–water partition coefficient (Wildman–Crippen LogP) is 0.140. The Morgan fingerprint density at radius 1 is 1.00 bits per heavy atom. The molecule has 0 saturated carbocycles. The summed E-state index contributed by atoms with van der Waals surface area (Å²) in [6.07, 6.45) is 2.15. The monoisotopic (exact) mass is 514 g/mol. The highest BCUT2D eigenvalue weighted by Gasteiger charge is 2.31. The van der Waals surface area contributed by atoms with Gasteiger partial charge in [0.1, 0.15) is 23.9 Å². The number of hydrogen-bond donors (Lipinski definition) is 7. The van der Waals surface area contributed by atoms with Crippen LogP contribution in [0, 0.1) is 5.92 Å². The van der Waals surface area contributed by atoms with Gasteiger partial charge in [-0.3, -0.25) is 14.4 Å². The summed E-state index contributed by atoms with van der Waals surface area (Å²) in [5, 5.41) is 26.6. The minimum Gasteiger partial charge on any atom is -0.508 e. The fraction of sp³-hybridized carbons (Fsp3) is 0.545. The fourth-order valence-corrected chi connectivity index (χ4v) is 3.62. The maximum Gasteiger partial charge on any atom is 0.326 e. The molecule has 0 aliphatic carbocycles. The average molecular weight is 515 g/mol. The van der Waals surface area contributed by atoms with Crippen molar-refractivity contribution in [1.29, 1.82) is 0 Å². The molecule has 0 aromatic heterocycles. The predicted molar refractivity (Wildman–Crippen MR) is 135 cm³/mol. The summed E-state index contributed by atoms with van der Waals surface area (Å²) in [6.45, 7) is 3.43. The molecule has 1 rings (SSSR count). The van der Waals surface area contributed by atoms with E-state index < -0.39 is 47.9 Å². The Morgan fingerprint density at radius 2 is 1.59 bits per heavy atom. The first-order valence-corrected chi connectivity index (χ1v) is 12.8. The number of thioether (sulfide) groups is 1. The van der Waals surface area contributed by atoms with Gasteiger partial charge in [0, 0.05) is 12.2 Å². The molecule has 0 aliphatic heterocycles. The van der Waals surface area contributed by atoms with Crippen molar-refractivity contribution in [2.75, 3.05) is 17.8 Å². The summed E-state index contributed by atoms with van der Waals surface area (Å²) in [7, 11) is 0. The van der Waals surface area contributed by atoms with E-state index in [9.17, 15) is 29.4 Å². The summed E-state index contributed by atoms with van der Waals surface area (Å²) in [6, 6.07) is 2.01. The number of phenols is 1. The second kappa shape index (κ2) is 14.7. The van der Waals surface area contributed by atoms with Crippen molar-refractivity contribution >= 4 is 48.1 Å². The van der Waals surface area contributed by atoms with Gasteiger partial charge < -0.3 is 31.9 Å². The van der Waals surface area contributed by atoms with Gasteiger partial charge in [0.25, 0.3) is 0 Å². The lowest BCUT2D eigenvalue weighted by atomic mass is 10.00. The second-order valence-corrected chi connectivity index (χ2v) is 9.48. The maximum absolute atomic E-state index is 13.1. The van der Waals surface area contributed by atoms with E-state index in [0.717, 1.165) is 0 Å². The van der Waals surface area contributed by atoms with E-state index in [4.69, 9.17) is 5.73 Å². The molecule has 1 aromatic rings. The average Bonchev–Trinajstić information content (AvgIpc) is 2.79. The summed E-state index contributed by atoms with van der Waals surface area (Å²) < 4.78 is 0. The third-order valence-electron chi connectivity index (χ3n) is 5.01.